The predicted molar refractivity (Wildman–Crippen MR) is 70.3 cm³/mol. The molecule has 0 fully saturated rings. The van der Waals surface area contributed by atoms with Crippen molar-refractivity contribution in [3.05, 3.63) is 46.5 Å². The van der Waals surface area contributed by atoms with Crippen LogP contribution >= 0.6 is 0 Å². The Morgan fingerprint density at radius 1 is 1.53 bits per heavy atom. The van der Waals surface area contributed by atoms with Crippen LogP contribution in [0.25, 0.3) is 5.65 Å². The average Bonchev–Trinajstić information content (AvgIpc) is 2.39. The monoisotopic (exact) mass is 261 g/mol. The number of hydrogen-bond acceptors (Lipinski definition) is 4. The summed E-state index contributed by atoms with van der Waals surface area (Å²) < 4.78 is 6.27. The first kappa shape index (κ1) is 13.2. The Kier molecular flexibility index (Phi) is 3.91. The van der Waals surface area contributed by atoms with Crippen molar-refractivity contribution < 1.29 is 9.53 Å². The maximum absolute atomic E-state index is 12.1. The number of pyridine rings is 1. The molecule has 2 rings (SSSR count). The molecule has 0 saturated carbocycles. The van der Waals surface area contributed by atoms with E-state index in [0.717, 1.165) is 0 Å². The summed E-state index contributed by atoms with van der Waals surface area (Å²) in [5.74, 6) is -0.444. The van der Waals surface area contributed by atoms with Crippen molar-refractivity contribution in [2.75, 3.05) is 13.7 Å². The number of carbonyl (C=O) groups excluding carboxylic acids is 1. The predicted octanol–water partition coefficient (Wildman–Crippen LogP) is 0.459. The Morgan fingerprint density at radius 2 is 2.32 bits per heavy atom. The molecule has 0 spiro atoms. The van der Waals surface area contributed by atoms with Crippen molar-refractivity contribution in [2.24, 2.45) is 0 Å². The highest BCUT2D eigenvalue weighted by Gasteiger charge is 2.15. The molecule has 0 aromatic carbocycles. The fourth-order valence-electron chi connectivity index (χ4n) is 1.78. The maximum atomic E-state index is 12.1. The topological polar surface area (TPSA) is 72.7 Å². The van der Waals surface area contributed by atoms with E-state index in [1.165, 1.54) is 10.6 Å². The van der Waals surface area contributed by atoms with Crippen LogP contribution in [0.2, 0.25) is 0 Å². The summed E-state index contributed by atoms with van der Waals surface area (Å²) in [4.78, 5) is 28.2. The molecule has 6 nitrogen and oxygen atoms in total. The first-order valence-electron chi connectivity index (χ1n) is 5.89. The molecule has 0 aliphatic carbocycles. The number of nitrogens with zero attached hydrogens (tertiary/aromatic N) is 2. The lowest BCUT2D eigenvalue weighted by molar-refractivity contribution is 0.0903. The molecular weight excluding hydrogens is 246 g/mol. The van der Waals surface area contributed by atoms with Gasteiger partial charge in [0.2, 0.25) is 0 Å². The summed E-state index contributed by atoms with van der Waals surface area (Å²) in [6.07, 6.45) is 2.88. The van der Waals surface area contributed by atoms with E-state index in [2.05, 4.69) is 10.3 Å². The van der Waals surface area contributed by atoms with E-state index in [1.54, 1.807) is 38.4 Å². The van der Waals surface area contributed by atoms with Crippen molar-refractivity contribution in [1.82, 2.24) is 14.7 Å². The number of amides is 1. The van der Waals surface area contributed by atoms with Crippen molar-refractivity contribution in [3.8, 4) is 0 Å². The van der Waals surface area contributed by atoms with Gasteiger partial charge in [0.15, 0.2) is 0 Å². The zero-order valence-corrected chi connectivity index (χ0v) is 10.8. The zero-order chi connectivity index (χ0) is 13.8. The molecule has 0 radical (unpaired) electrons. The summed E-state index contributed by atoms with van der Waals surface area (Å²) in [7, 11) is 1.55. The van der Waals surface area contributed by atoms with Gasteiger partial charge in [-0.25, -0.2) is 4.98 Å². The second kappa shape index (κ2) is 5.62. The normalized spacial score (nSPS) is 12.3. The van der Waals surface area contributed by atoms with Crippen LogP contribution in [-0.2, 0) is 4.74 Å². The molecule has 0 unspecified atom stereocenters. The molecule has 0 aliphatic rings. The van der Waals surface area contributed by atoms with Gasteiger partial charge in [-0.15, -0.1) is 0 Å². The van der Waals surface area contributed by atoms with Crippen LogP contribution in [0.5, 0.6) is 0 Å². The lowest BCUT2D eigenvalue weighted by Crippen LogP contribution is -2.39. The summed E-state index contributed by atoms with van der Waals surface area (Å²) >= 11 is 0. The van der Waals surface area contributed by atoms with Gasteiger partial charge >= 0.3 is 0 Å². The molecule has 0 saturated heterocycles. The van der Waals surface area contributed by atoms with Gasteiger partial charge in [0.1, 0.15) is 11.2 Å². The standard InChI is InChI=1S/C13H15N3O3/c1-9(8-19-2)15-12(17)10-7-14-11-5-3-4-6-16(11)13(10)18/h3-7,9H,8H2,1-2H3,(H,15,17)/t9-/m0/s1. The van der Waals surface area contributed by atoms with Gasteiger partial charge < -0.3 is 10.1 Å². The summed E-state index contributed by atoms with van der Waals surface area (Å²) in [6.45, 7) is 2.18. The molecule has 100 valence electrons. The largest absolute Gasteiger partial charge is 0.383 e. The van der Waals surface area contributed by atoms with Crippen LogP contribution in [0.1, 0.15) is 17.3 Å². The van der Waals surface area contributed by atoms with Gasteiger partial charge in [-0.1, -0.05) is 6.07 Å². The van der Waals surface area contributed by atoms with Crippen LogP contribution in [-0.4, -0.2) is 35.1 Å². The average molecular weight is 261 g/mol. The SMILES string of the molecule is COC[C@H](C)NC(=O)c1cnc2ccccn2c1=O. The van der Waals surface area contributed by atoms with Crippen LogP contribution in [0.3, 0.4) is 0 Å². The first-order chi connectivity index (χ1) is 9.13. The second-order valence-electron chi connectivity index (χ2n) is 4.24. The van der Waals surface area contributed by atoms with Crippen molar-refractivity contribution in [2.45, 2.75) is 13.0 Å². The number of fused-ring (bicyclic) bond motifs is 1. The number of nitrogens with one attached hydrogen (secondary N) is 1. The Bertz CT molecular complexity index is 651. The smallest absolute Gasteiger partial charge is 0.270 e. The number of aromatic nitrogens is 2. The van der Waals surface area contributed by atoms with Crippen LogP contribution in [0, 0.1) is 0 Å². The van der Waals surface area contributed by atoms with E-state index in [0.29, 0.717) is 12.3 Å². The fourth-order valence-corrected chi connectivity index (χ4v) is 1.78. The molecule has 6 heteroatoms. The van der Waals surface area contributed by atoms with E-state index in [9.17, 15) is 9.59 Å². The van der Waals surface area contributed by atoms with E-state index >= 15 is 0 Å². The second-order valence-corrected chi connectivity index (χ2v) is 4.24. The number of carbonyl (C=O) groups is 1. The Labute approximate surface area is 110 Å². The van der Waals surface area contributed by atoms with Crippen LogP contribution in [0.4, 0.5) is 0 Å². The molecule has 1 atom stereocenters. The molecule has 0 aliphatic heterocycles. The Balaban J connectivity index is 2.33. The summed E-state index contributed by atoms with van der Waals surface area (Å²) in [5, 5.41) is 2.69. The molecule has 0 bridgehead atoms. The van der Waals surface area contributed by atoms with Crippen LogP contribution in [0.15, 0.2) is 35.4 Å². The third kappa shape index (κ3) is 2.79. The molecule has 1 amide bonds. The summed E-state index contributed by atoms with van der Waals surface area (Å²) in [5.41, 5.74) is 0.147. The van der Waals surface area contributed by atoms with Gasteiger partial charge in [-0.3, -0.25) is 14.0 Å². The first-order valence-corrected chi connectivity index (χ1v) is 5.89. The molecule has 2 heterocycles. The molecular formula is C13H15N3O3. The highest BCUT2D eigenvalue weighted by atomic mass is 16.5. The van der Waals surface area contributed by atoms with Gasteiger partial charge in [0.05, 0.1) is 6.61 Å². The maximum Gasteiger partial charge on any atom is 0.270 e. The minimum atomic E-state index is -0.444. The highest BCUT2D eigenvalue weighted by molar-refractivity contribution is 5.93. The highest BCUT2D eigenvalue weighted by Crippen LogP contribution is 1.98. The Hall–Kier alpha value is -2.21. The van der Waals surface area contributed by atoms with Crippen molar-refractivity contribution in [1.29, 1.82) is 0 Å². The number of rotatable bonds is 4. The zero-order valence-electron chi connectivity index (χ0n) is 10.8. The van der Waals surface area contributed by atoms with Gasteiger partial charge in [0.25, 0.3) is 11.5 Å². The molecule has 2 aromatic heterocycles. The minimum absolute atomic E-state index is 0.0200. The fraction of sp³-hybridized carbons (Fsp3) is 0.308. The van der Waals surface area contributed by atoms with Crippen molar-refractivity contribution in [3.63, 3.8) is 0 Å². The van der Waals surface area contributed by atoms with Gasteiger partial charge in [-0.05, 0) is 19.1 Å². The van der Waals surface area contributed by atoms with E-state index in [1.807, 2.05) is 0 Å². The summed E-state index contributed by atoms with van der Waals surface area (Å²) in [6, 6.07) is 5.03. The number of hydrogen-bond donors (Lipinski definition) is 1. The van der Waals surface area contributed by atoms with Gasteiger partial charge in [-0.2, -0.15) is 0 Å². The third-order valence-electron chi connectivity index (χ3n) is 2.65. The van der Waals surface area contributed by atoms with Gasteiger partial charge in [0, 0.05) is 25.5 Å². The molecule has 1 N–H and O–H groups in total. The lowest BCUT2D eigenvalue weighted by atomic mass is 10.2. The lowest BCUT2D eigenvalue weighted by Gasteiger charge is -2.12. The Morgan fingerprint density at radius 3 is 3.05 bits per heavy atom. The quantitative estimate of drug-likeness (QED) is 0.867. The van der Waals surface area contributed by atoms with E-state index < -0.39 is 5.91 Å². The van der Waals surface area contributed by atoms with Crippen LogP contribution < -0.4 is 10.9 Å². The molecule has 2 aromatic rings. The molecule has 19 heavy (non-hydrogen) atoms. The minimum Gasteiger partial charge on any atom is -0.383 e. The number of ether oxygens (including phenoxy) is 1. The third-order valence-corrected chi connectivity index (χ3v) is 2.65. The van der Waals surface area contributed by atoms with E-state index in [-0.39, 0.29) is 17.2 Å². The van der Waals surface area contributed by atoms with E-state index in [4.69, 9.17) is 4.74 Å². The van der Waals surface area contributed by atoms with Crippen molar-refractivity contribution >= 4 is 11.6 Å². The number of methoxy groups -OCH3 is 1.